The molecule has 0 bridgehead atoms. The summed E-state index contributed by atoms with van der Waals surface area (Å²) in [5, 5.41) is 4.16. The molecular formula is C18H24ClN3O3. The van der Waals surface area contributed by atoms with Gasteiger partial charge in [-0.25, -0.2) is 0 Å². The van der Waals surface area contributed by atoms with Crippen molar-refractivity contribution < 1.29 is 14.3 Å². The van der Waals surface area contributed by atoms with Gasteiger partial charge in [0.25, 0.3) is 5.91 Å². The van der Waals surface area contributed by atoms with E-state index in [0.717, 1.165) is 37.1 Å². The summed E-state index contributed by atoms with van der Waals surface area (Å²) in [5.74, 6) is 0.681. The summed E-state index contributed by atoms with van der Waals surface area (Å²) in [5.41, 5.74) is 6.48. The zero-order chi connectivity index (χ0) is 17.1. The molecule has 0 spiro atoms. The smallest absolute Gasteiger partial charge is 0.252 e. The molecular weight excluding hydrogens is 342 g/mol. The van der Waals surface area contributed by atoms with Crippen molar-refractivity contribution in [3.63, 3.8) is 0 Å². The minimum atomic E-state index is -0.530. The highest BCUT2D eigenvalue weighted by atomic mass is 35.5. The van der Waals surface area contributed by atoms with Crippen molar-refractivity contribution in [2.75, 3.05) is 13.1 Å². The second-order valence-corrected chi connectivity index (χ2v) is 6.29. The Balaban J connectivity index is 0.00000225. The number of nitrogens with zero attached hydrogens (tertiary/aromatic N) is 1. The van der Waals surface area contributed by atoms with Gasteiger partial charge in [0.05, 0.1) is 17.2 Å². The van der Waals surface area contributed by atoms with Gasteiger partial charge in [-0.15, -0.1) is 12.4 Å². The lowest BCUT2D eigenvalue weighted by atomic mass is 10.1. The number of ether oxygens (including phenoxy) is 2. The minimum absolute atomic E-state index is 0. The highest BCUT2D eigenvalue weighted by Gasteiger charge is 2.18. The number of benzene rings is 1. The topological polar surface area (TPSA) is 86.5 Å². The van der Waals surface area contributed by atoms with Gasteiger partial charge >= 0.3 is 0 Å². The molecule has 3 rings (SSSR count). The molecule has 0 unspecified atom stereocenters. The number of aromatic nitrogens is 1. The third-order valence-corrected chi connectivity index (χ3v) is 3.98. The second kappa shape index (κ2) is 8.36. The van der Waals surface area contributed by atoms with E-state index in [9.17, 15) is 4.79 Å². The molecule has 1 saturated heterocycles. The Morgan fingerprint density at radius 3 is 2.80 bits per heavy atom. The molecule has 2 aromatic rings. The Morgan fingerprint density at radius 2 is 2.16 bits per heavy atom. The van der Waals surface area contributed by atoms with Crippen molar-refractivity contribution >= 4 is 29.2 Å². The maximum atomic E-state index is 11.7. The summed E-state index contributed by atoms with van der Waals surface area (Å²) >= 11 is 0. The van der Waals surface area contributed by atoms with Gasteiger partial charge in [-0.1, -0.05) is 0 Å². The number of halogens is 1. The van der Waals surface area contributed by atoms with Crippen LogP contribution in [-0.4, -0.2) is 36.2 Å². The molecule has 1 aliphatic rings. The van der Waals surface area contributed by atoms with Crippen molar-refractivity contribution in [2.24, 2.45) is 5.73 Å². The molecule has 0 radical (unpaired) electrons. The van der Waals surface area contributed by atoms with Crippen molar-refractivity contribution in [1.29, 1.82) is 0 Å². The van der Waals surface area contributed by atoms with Gasteiger partial charge in [0.2, 0.25) is 0 Å². The Hall–Kier alpha value is -2.05. The van der Waals surface area contributed by atoms with E-state index in [1.807, 2.05) is 19.9 Å². The van der Waals surface area contributed by atoms with Crippen LogP contribution in [0, 0.1) is 0 Å². The largest absolute Gasteiger partial charge is 0.490 e. The zero-order valence-corrected chi connectivity index (χ0v) is 15.3. The van der Waals surface area contributed by atoms with Gasteiger partial charge in [-0.2, -0.15) is 0 Å². The third kappa shape index (κ3) is 4.52. The number of primary amides is 1. The molecule has 1 amide bonds. The molecule has 0 aliphatic carbocycles. The lowest BCUT2D eigenvalue weighted by Gasteiger charge is -2.24. The first-order valence-electron chi connectivity index (χ1n) is 8.31. The number of fused-ring (bicyclic) bond motifs is 1. The monoisotopic (exact) mass is 365 g/mol. The average molecular weight is 366 g/mol. The first-order chi connectivity index (χ1) is 11.5. The van der Waals surface area contributed by atoms with Crippen molar-refractivity contribution in [3.05, 3.63) is 30.0 Å². The molecule has 2 heterocycles. The number of nitrogens with two attached hydrogens (primary N) is 1. The minimum Gasteiger partial charge on any atom is -0.490 e. The van der Waals surface area contributed by atoms with E-state index < -0.39 is 5.91 Å². The first-order valence-corrected chi connectivity index (χ1v) is 8.31. The van der Waals surface area contributed by atoms with E-state index in [1.54, 1.807) is 18.3 Å². The van der Waals surface area contributed by atoms with Crippen molar-refractivity contribution in [1.82, 2.24) is 10.3 Å². The van der Waals surface area contributed by atoms with Gasteiger partial charge in [0, 0.05) is 18.1 Å². The summed E-state index contributed by atoms with van der Waals surface area (Å²) in [6, 6.07) is 5.31. The maximum absolute atomic E-state index is 11.7. The van der Waals surface area contributed by atoms with Crippen LogP contribution in [-0.2, 0) is 0 Å². The fourth-order valence-corrected chi connectivity index (χ4v) is 2.89. The van der Waals surface area contributed by atoms with Crippen LogP contribution in [0.5, 0.6) is 11.5 Å². The van der Waals surface area contributed by atoms with Crippen LogP contribution in [0.1, 0.15) is 37.0 Å². The van der Waals surface area contributed by atoms with Crippen molar-refractivity contribution in [2.45, 2.75) is 38.9 Å². The lowest BCUT2D eigenvalue weighted by Crippen LogP contribution is -2.37. The van der Waals surface area contributed by atoms with E-state index in [4.69, 9.17) is 15.2 Å². The third-order valence-electron chi connectivity index (χ3n) is 3.98. The van der Waals surface area contributed by atoms with Crippen molar-refractivity contribution in [3.8, 4) is 11.5 Å². The Bertz CT molecular complexity index is 746. The predicted molar refractivity (Wildman–Crippen MR) is 99.8 cm³/mol. The SMILES string of the molecule is CC(C)Oc1cc2c(O[C@@H]3CCCNC3)ccnc2cc1C(N)=O.Cl. The number of piperidine rings is 1. The number of carbonyl (C=O) groups is 1. The van der Waals surface area contributed by atoms with E-state index in [1.165, 1.54) is 0 Å². The highest BCUT2D eigenvalue weighted by molar-refractivity contribution is 6.01. The molecule has 0 saturated carbocycles. The summed E-state index contributed by atoms with van der Waals surface area (Å²) in [6.45, 7) is 5.68. The Kier molecular flexibility index (Phi) is 6.45. The molecule has 6 nitrogen and oxygen atoms in total. The molecule has 136 valence electrons. The van der Waals surface area contributed by atoms with Gasteiger partial charge in [-0.05, 0) is 51.4 Å². The van der Waals surface area contributed by atoms with Crippen LogP contribution in [0.4, 0.5) is 0 Å². The van der Waals surface area contributed by atoms with Crippen LogP contribution >= 0.6 is 12.4 Å². The fourth-order valence-electron chi connectivity index (χ4n) is 2.89. The quantitative estimate of drug-likeness (QED) is 0.850. The molecule has 3 N–H and O–H groups in total. The van der Waals surface area contributed by atoms with Gasteiger partial charge in [0.1, 0.15) is 17.6 Å². The van der Waals surface area contributed by atoms with E-state index in [-0.39, 0.29) is 24.6 Å². The number of pyridine rings is 1. The number of carbonyl (C=O) groups excluding carboxylic acids is 1. The van der Waals surface area contributed by atoms with Crippen LogP contribution in [0.2, 0.25) is 0 Å². The van der Waals surface area contributed by atoms with Crippen LogP contribution < -0.4 is 20.5 Å². The number of amides is 1. The van der Waals surface area contributed by atoms with E-state index >= 15 is 0 Å². The standard InChI is InChI=1S/C18H23N3O3.ClH/c1-11(2)23-17-9-13-15(8-14(17)18(19)22)21-7-5-16(13)24-12-4-3-6-20-10-12;/h5,7-9,11-12,20H,3-4,6,10H2,1-2H3,(H2,19,22);1H/t12-;/m1./s1. The molecule has 7 heteroatoms. The predicted octanol–water partition coefficient (Wildman–Crippen LogP) is 2.67. The maximum Gasteiger partial charge on any atom is 0.252 e. The molecule has 1 atom stereocenters. The number of rotatable bonds is 5. The first kappa shape index (κ1) is 19.3. The fraction of sp³-hybridized carbons (Fsp3) is 0.444. The summed E-state index contributed by atoms with van der Waals surface area (Å²) in [7, 11) is 0. The molecule has 1 fully saturated rings. The number of nitrogens with one attached hydrogen (secondary N) is 1. The van der Waals surface area contributed by atoms with Gasteiger partial charge in [0.15, 0.2) is 0 Å². The summed E-state index contributed by atoms with van der Waals surface area (Å²) in [4.78, 5) is 16.1. The highest BCUT2D eigenvalue weighted by Crippen LogP contribution is 2.32. The van der Waals surface area contributed by atoms with Gasteiger partial charge < -0.3 is 20.5 Å². The molecule has 1 aliphatic heterocycles. The Labute approximate surface area is 153 Å². The molecule has 1 aromatic heterocycles. The summed E-state index contributed by atoms with van der Waals surface area (Å²) < 4.78 is 11.9. The van der Waals surface area contributed by atoms with E-state index in [0.29, 0.717) is 16.8 Å². The normalized spacial score (nSPS) is 17.2. The van der Waals surface area contributed by atoms with Crippen LogP contribution in [0.3, 0.4) is 0 Å². The van der Waals surface area contributed by atoms with Crippen LogP contribution in [0.25, 0.3) is 10.9 Å². The lowest BCUT2D eigenvalue weighted by molar-refractivity contribution is 0.0994. The molecule has 25 heavy (non-hydrogen) atoms. The van der Waals surface area contributed by atoms with Gasteiger partial charge in [-0.3, -0.25) is 9.78 Å². The molecule has 1 aromatic carbocycles. The number of hydrogen-bond acceptors (Lipinski definition) is 5. The zero-order valence-electron chi connectivity index (χ0n) is 14.5. The second-order valence-electron chi connectivity index (χ2n) is 6.29. The summed E-state index contributed by atoms with van der Waals surface area (Å²) in [6.07, 6.45) is 3.87. The van der Waals surface area contributed by atoms with E-state index in [2.05, 4.69) is 10.3 Å². The Morgan fingerprint density at radius 1 is 1.36 bits per heavy atom. The number of hydrogen-bond donors (Lipinski definition) is 2. The van der Waals surface area contributed by atoms with Crippen LogP contribution in [0.15, 0.2) is 24.4 Å². The average Bonchev–Trinajstić information content (AvgIpc) is 2.55.